The zero-order valence-electron chi connectivity index (χ0n) is 12.6. The summed E-state index contributed by atoms with van der Waals surface area (Å²) < 4.78 is 6.17. The highest BCUT2D eigenvalue weighted by Crippen LogP contribution is 2.38. The van der Waals surface area contributed by atoms with Gasteiger partial charge in [-0.15, -0.1) is 0 Å². The summed E-state index contributed by atoms with van der Waals surface area (Å²) in [6, 6.07) is 22.3. The second-order valence-corrected chi connectivity index (χ2v) is 5.68. The van der Waals surface area contributed by atoms with Crippen LogP contribution in [-0.2, 0) is 0 Å². The van der Waals surface area contributed by atoms with Crippen LogP contribution >= 0.6 is 11.6 Å². The fourth-order valence-electron chi connectivity index (χ4n) is 2.40. The molecule has 0 aliphatic carbocycles. The van der Waals surface area contributed by atoms with Crippen LogP contribution in [0.2, 0.25) is 5.02 Å². The van der Waals surface area contributed by atoms with Gasteiger partial charge in [0.2, 0.25) is 0 Å². The van der Waals surface area contributed by atoms with E-state index in [0.29, 0.717) is 5.02 Å². The van der Waals surface area contributed by atoms with Gasteiger partial charge < -0.3 is 4.74 Å². The van der Waals surface area contributed by atoms with E-state index in [1.54, 1.807) is 0 Å². The van der Waals surface area contributed by atoms with Crippen molar-refractivity contribution in [3.8, 4) is 22.6 Å². The number of ether oxygens (including phenoxy) is 1. The molecule has 0 aliphatic heterocycles. The van der Waals surface area contributed by atoms with Crippen molar-refractivity contribution in [3.63, 3.8) is 0 Å². The summed E-state index contributed by atoms with van der Waals surface area (Å²) in [7, 11) is 0. The molecule has 0 aromatic heterocycles. The molecule has 0 fully saturated rings. The number of hydrogen-bond acceptors (Lipinski definition) is 1. The van der Waals surface area contributed by atoms with E-state index < -0.39 is 0 Å². The SMILES string of the molecule is Cc1ccc(C)c(Oc2ccccc2-c2ccccc2)c1Cl. The Morgan fingerprint density at radius 2 is 1.36 bits per heavy atom. The summed E-state index contributed by atoms with van der Waals surface area (Å²) in [6.07, 6.45) is 0. The quantitative estimate of drug-likeness (QED) is 0.542. The lowest BCUT2D eigenvalue weighted by Gasteiger charge is -2.15. The molecule has 110 valence electrons. The van der Waals surface area contributed by atoms with Crippen LogP contribution in [-0.4, -0.2) is 0 Å². The highest BCUT2D eigenvalue weighted by atomic mass is 35.5. The molecule has 0 spiro atoms. The first-order chi connectivity index (χ1) is 10.7. The first-order valence-electron chi connectivity index (χ1n) is 7.25. The van der Waals surface area contributed by atoms with Crippen molar-refractivity contribution in [1.29, 1.82) is 0 Å². The molecule has 0 amide bonds. The number of halogens is 1. The van der Waals surface area contributed by atoms with Crippen molar-refractivity contribution >= 4 is 11.6 Å². The Labute approximate surface area is 136 Å². The minimum atomic E-state index is 0.669. The van der Waals surface area contributed by atoms with Gasteiger partial charge in [0.15, 0.2) is 0 Å². The van der Waals surface area contributed by atoms with Gasteiger partial charge in [0, 0.05) is 5.56 Å². The Morgan fingerprint density at radius 3 is 2.14 bits per heavy atom. The fraction of sp³-hybridized carbons (Fsp3) is 0.100. The van der Waals surface area contributed by atoms with Crippen LogP contribution in [0.5, 0.6) is 11.5 Å². The highest BCUT2D eigenvalue weighted by molar-refractivity contribution is 6.33. The molecule has 2 heteroatoms. The summed E-state index contributed by atoms with van der Waals surface area (Å²) >= 11 is 6.42. The number of para-hydroxylation sites is 1. The van der Waals surface area contributed by atoms with E-state index in [4.69, 9.17) is 16.3 Å². The van der Waals surface area contributed by atoms with Crippen LogP contribution in [0, 0.1) is 13.8 Å². The van der Waals surface area contributed by atoms with Crippen LogP contribution in [0.1, 0.15) is 11.1 Å². The van der Waals surface area contributed by atoms with Gasteiger partial charge in [-0.25, -0.2) is 0 Å². The van der Waals surface area contributed by atoms with Gasteiger partial charge in [-0.2, -0.15) is 0 Å². The molecule has 0 heterocycles. The van der Waals surface area contributed by atoms with E-state index in [0.717, 1.165) is 33.8 Å². The summed E-state index contributed by atoms with van der Waals surface area (Å²) in [6.45, 7) is 3.99. The van der Waals surface area contributed by atoms with Crippen molar-refractivity contribution in [2.45, 2.75) is 13.8 Å². The lowest BCUT2D eigenvalue weighted by Crippen LogP contribution is -1.93. The zero-order chi connectivity index (χ0) is 15.5. The third-order valence-corrected chi connectivity index (χ3v) is 4.14. The molecule has 3 rings (SSSR count). The summed E-state index contributed by atoms with van der Waals surface area (Å²) in [5, 5.41) is 0.669. The van der Waals surface area contributed by atoms with Gasteiger partial charge in [0.1, 0.15) is 11.5 Å². The predicted octanol–water partition coefficient (Wildman–Crippen LogP) is 6.42. The molecule has 0 aliphatic rings. The van der Waals surface area contributed by atoms with Crippen molar-refractivity contribution in [1.82, 2.24) is 0 Å². The molecule has 0 N–H and O–H groups in total. The molecular formula is C20H17ClO. The summed E-state index contributed by atoms with van der Waals surface area (Å²) in [4.78, 5) is 0. The Balaban J connectivity index is 2.07. The van der Waals surface area contributed by atoms with Crippen molar-refractivity contribution < 1.29 is 4.74 Å². The Hall–Kier alpha value is -2.25. The van der Waals surface area contributed by atoms with E-state index in [1.165, 1.54) is 0 Å². The van der Waals surface area contributed by atoms with Crippen LogP contribution in [0.4, 0.5) is 0 Å². The van der Waals surface area contributed by atoms with E-state index in [9.17, 15) is 0 Å². The maximum atomic E-state index is 6.42. The van der Waals surface area contributed by atoms with Crippen molar-refractivity contribution in [3.05, 3.63) is 82.9 Å². The van der Waals surface area contributed by atoms with Crippen LogP contribution in [0.25, 0.3) is 11.1 Å². The predicted molar refractivity (Wildman–Crippen MR) is 92.9 cm³/mol. The topological polar surface area (TPSA) is 9.23 Å². The molecule has 0 saturated heterocycles. The second kappa shape index (κ2) is 6.25. The van der Waals surface area contributed by atoms with Crippen molar-refractivity contribution in [2.24, 2.45) is 0 Å². The van der Waals surface area contributed by atoms with Gasteiger partial charge in [-0.1, -0.05) is 72.3 Å². The minimum absolute atomic E-state index is 0.669. The van der Waals surface area contributed by atoms with E-state index in [1.807, 2.05) is 62.4 Å². The molecule has 0 radical (unpaired) electrons. The smallest absolute Gasteiger partial charge is 0.149 e. The lowest BCUT2D eigenvalue weighted by atomic mass is 10.0. The molecule has 22 heavy (non-hydrogen) atoms. The molecular weight excluding hydrogens is 292 g/mol. The highest BCUT2D eigenvalue weighted by Gasteiger charge is 2.12. The second-order valence-electron chi connectivity index (χ2n) is 5.31. The molecule has 0 unspecified atom stereocenters. The van der Waals surface area contributed by atoms with Crippen LogP contribution < -0.4 is 4.74 Å². The standard InChI is InChI=1S/C20H17ClO/c1-14-12-13-15(2)20(19(14)21)22-18-11-7-6-10-17(18)16-8-4-3-5-9-16/h3-13H,1-2H3. The minimum Gasteiger partial charge on any atom is -0.455 e. The number of hydrogen-bond donors (Lipinski definition) is 0. The number of benzene rings is 3. The lowest BCUT2D eigenvalue weighted by molar-refractivity contribution is 0.480. The normalized spacial score (nSPS) is 10.5. The zero-order valence-corrected chi connectivity index (χ0v) is 13.4. The number of rotatable bonds is 3. The average molecular weight is 309 g/mol. The maximum absolute atomic E-state index is 6.42. The van der Waals surface area contributed by atoms with E-state index in [-0.39, 0.29) is 0 Å². The molecule has 0 saturated carbocycles. The number of aryl methyl sites for hydroxylation is 2. The summed E-state index contributed by atoms with van der Waals surface area (Å²) in [5.41, 5.74) is 4.22. The van der Waals surface area contributed by atoms with Crippen molar-refractivity contribution in [2.75, 3.05) is 0 Å². The monoisotopic (exact) mass is 308 g/mol. The molecule has 0 atom stereocenters. The van der Waals surface area contributed by atoms with Crippen LogP contribution in [0.3, 0.4) is 0 Å². The average Bonchev–Trinajstić information content (AvgIpc) is 2.56. The van der Waals surface area contributed by atoms with Gasteiger partial charge in [0.25, 0.3) is 0 Å². The van der Waals surface area contributed by atoms with Gasteiger partial charge in [-0.05, 0) is 36.6 Å². The van der Waals surface area contributed by atoms with Gasteiger partial charge >= 0.3 is 0 Å². The Kier molecular flexibility index (Phi) is 4.17. The summed E-state index contributed by atoms with van der Waals surface area (Å²) in [5.74, 6) is 1.54. The fourth-order valence-corrected chi connectivity index (χ4v) is 2.65. The Bertz CT molecular complexity index is 794. The largest absolute Gasteiger partial charge is 0.455 e. The first kappa shape index (κ1) is 14.7. The third-order valence-electron chi connectivity index (χ3n) is 3.67. The van der Waals surface area contributed by atoms with Gasteiger partial charge in [-0.3, -0.25) is 0 Å². The van der Waals surface area contributed by atoms with Gasteiger partial charge in [0.05, 0.1) is 5.02 Å². The maximum Gasteiger partial charge on any atom is 0.149 e. The molecule has 1 nitrogen and oxygen atoms in total. The van der Waals surface area contributed by atoms with E-state index >= 15 is 0 Å². The molecule has 0 bridgehead atoms. The van der Waals surface area contributed by atoms with Crippen LogP contribution in [0.15, 0.2) is 66.7 Å². The first-order valence-corrected chi connectivity index (χ1v) is 7.62. The third kappa shape index (κ3) is 2.86. The Morgan fingerprint density at radius 1 is 0.727 bits per heavy atom. The molecule has 3 aromatic rings. The van der Waals surface area contributed by atoms with E-state index in [2.05, 4.69) is 18.2 Å². The molecule has 3 aromatic carbocycles.